The molecule has 0 spiro atoms. The van der Waals surface area contributed by atoms with Crippen molar-refractivity contribution in [2.45, 2.75) is 52.7 Å². The fourth-order valence-corrected chi connectivity index (χ4v) is 3.01. The number of carbonyl (C=O) groups is 1. The molecule has 25 heavy (non-hydrogen) atoms. The van der Waals surface area contributed by atoms with Gasteiger partial charge in [-0.3, -0.25) is 4.79 Å². The maximum absolute atomic E-state index is 12.5. The first-order valence-corrected chi connectivity index (χ1v) is 9.30. The molecule has 0 aliphatic carbocycles. The van der Waals surface area contributed by atoms with Crippen molar-refractivity contribution < 1.29 is 14.6 Å². The molecule has 1 aliphatic rings. The van der Waals surface area contributed by atoms with Crippen molar-refractivity contribution in [3.8, 4) is 0 Å². The summed E-state index contributed by atoms with van der Waals surface area (Å²) < 4.78 is 5.32. The zero-order valence-corrected chi connectivity index (χ0v) is 15.8. The van der Waals surface area contributed by atoms with E-state index < -0.39 is 6.10 Å². The second kappa shape index (κ2) is 9.20. The van der Waals surface area contributed by atoms with Crippen molar-refractivity contribution >= 4 is 11.6 Å². The number of ether oxygens (including phenoxy) is 1. The van der Waals surface area contributed by atoms with E-state index in [9.17, 15) is 9.90 Å². The van der Waals surface area contributed by atoms with Crippen molar-refractivity contribution in [1.82, 2.24) is 5.32 Å². The lowest BCUT2D eigenvalue weighted by Gasteiger charge is -2.27. The average molecular weight is 348 g/mol. The lowest BCUT2D eigenvalue weighted by atomic mass is 9.94. The molecule has 1 fully saturated rings. The van der Waals surface area contributed by atoms with Crippen LogP contribution >= 0.6 is 0 Å². The Morgan fingerprint density at radius 2 is 1.96 bits per heavy atom. The van der Waals surface area contributed by atoms with Crippen molar-refractivity contribution in [3.63, 3.8) is 0 Å². The van der Waals surface area contributed by atoms with E-state index in [2.05, 4.69) is 31.4 Å². The summed E-state index contributed by atoms with van der Waals surface area (Å²) in [5.74, 6) is 0.575. The molecule has 1 aliphatic heterocycles. The third-order valence-electron chi connectivity index (χ3n) is 5.24. The molecule has 2 rings (SSSR count). The Morgan fingerprint density at radius 3 is 2.60 bits per heavy atom. The highest BCUT2D eigenvalue weighted by Gasteiger charge is 2.23. The summed E-state index contributed by atoms with van der Waals surface area (Å²) >= 11 is 0. The lowest BCUT2D eigenvalue weighted by molar-refractivity contribution is 0.00873. The Kier molecular flexibility index (Phi) is 7.26. The Bertz CT molecular complexity index is 568. The Morgan fingerprint density at radius 1 is 1.28 bits per heavy atom. The predicted molar refractivity (Wildman–Crippen MR) is 101 cm³/mol. The molecule has 5 nitrogen and oxygen atoms in total. The minimum atomic E-state index is -0.518. The van der Waals surface area contributed by atoms with Gasteiger partial charge in [0.25, 0.3) is 5.91 Å². The second-order valence-corrected chi connectivity index (χ2v) is 7.38. The lowest BCUT2D eigenvalue weighted by Crippen LogP contribution is -2.38. The summed E-state index contributed by atoms with van der Waals surface area (Å²) in [6, 6.07) is 6.05. The molecule has 1 aromatic rings. The maximum Gasteiger partial charge on any atom is 0.251 e. The summed E-state index contributed by atoms with van der Waals surface area (Å²) in [5.41, 5.74) is 2.58. The third-order valence-corrected chi connectivity index (χ3v) is 5.24. The third kappa shape index (κ3) is 5.44. The molecular weight excluding hydrogens is 316 g/mol. The van der Waals surface area contributed by atoms with Crippen LogP contribution in [0.15, 0.2) is 18.2 Å². The molecule has 0 bridgehead atoms. The molecule has 140 valence electrons. The normalized spacial score (nSPS) is 18.0. The first kappa shape index (κ1) is 19.7. The van der Waals surface area contributed by atoms with Gasteiger partial charge in [-0.1, -0.05) is 19.9 Å². The molecule has 1 amide bonds. The molecule has 0 radical (unpaired) electrons. The minimum absolute atomic E-state index is 0.135. The summed E-state index contributed by atoms with van der Waals surface area (Å²) in [6.45, 7) is 10.1. The monoisotopic (exact) mass is 348 g/mol. The summed E-state index contributed by atoms with van der Waals surface area (Å²) in [4.78, 5) is 12.5. The van der Waals surface area contributed by atoms with E-state index in [1.54, 1.807) is 0 Å². The molecule has 1 saturated heterocycles. The van der Waals surface area contributed by atoms with Crippen molar-refractivity contribution in [2.24, 2.45) is 11.8 Å². The fourth-order valence-electron chi connectivity index (χ4n) is 3.01. The molecule has 1 aromatic carbocycles. The van der Waals surface area contributed by atoms with Gasteiger partial charge in [-0.25, -0.2) is 0 Å². The average Bonchev–Trinajstić information content (AvgIpc) is 2.61. The van der Waals surface area contributed by atoms with E-state index >= 15 is 0 Å². The molecule has 2 atom stereocenters. The summed E-state index contributed by atoms with van der Waals surface area (Å²) in [7, 11) is 0. The standard InChI is InChI=1S/C20H32N2O3/c1-13(2)15(4)22-18-7-5-6-17(14(18)3)20(24)21-12-19(23)16-8-10-25-11-9-16/h5-7,13,15-16,19,22-23H,8-12H2,1-4H3,(H,21,24)/t15-,19-/m1/s1. The predicted octanol–water partition coefficient (Wildman–Crippen LogP) is 2.97. The Hall–Kier alpha value is -1.59. The highest BCUT2D eigenvalue weighted by Crippen LogP contribution is 2.22. The zero-order valence-electron chi connectivity index (χ0n) is 15.8. The van der Waals surface area contributed by atoms with Crippen molar-refractivity contribution in [3.05, 3.63) is 29.3 Å². The van der Waals surface area contributed by atoms with Crippen LogP contribution in [0.1, 0.15) is 49.5 Å². The van der Waals surface area contributed by atoms with E-state index in [1.165, 1.54) is 0 Å². The van der Waals surface area contributed by atoms with Crippen LogP contribution < -0.4 is 10.6 Å². The fraction of sp³-hybridized carbons (Fsp3) is 0.650. The van der Waals surface area contributed by atoms with Crippen LogP contribution in [-0.4, -0.2) is 42.9 Å². The number of anilines is 1. The molecule has 1 heterocycles. The number of hydrogen-bond acceptors (Lipinski definition) is 4. The smallest absolute Gasteiger partial charge is 0.251 e. The number of nitrogens with one attached hydrogen (secondary N) is 2. The number of rotatable bonds is 7. The minimum Gasteiger partial charge on any atom is -0.391 e. The van der Waals surface area contributed by atoms with Gasteiger partial charge in [-0.05, 0) is 56.2 Å². The van der Waals surface area contributed by atoms with Gasteiger partial charge in [0.1, 0.15) is 0 Å². The van der Waals surface area contributed by atoms with E-state index in [4.69, 9.17) is 4.74 Å². The highest BCUT2D eigenvalue weighted by atomic mass is 16.5. The van der Waals surface area contributed by atoms with Crippen LogP contribution in [0.5, 0.6) is 0 Å². The van der Waals surface area contributed by atoms with Crippen molar-refractivity contribution in [1.29, 1.82) is 0 Å². The van der Waals surface area contributed by atoms with E-state index in [0.29, 0.717) is 30.7 Å². The number of hydrogen-bond donors (Lipinski definition) is 3. The van der Waals surface area contributed by atoms with Crippen LogP contribution in [0.3, 0.4) is 0 Å². The van der Waals surface area contributed by atoms with Crippen LogP contribution in [0.2, 0.25) is 0 Å². The first-order chi connectivity index (χ1) is 11.9. The number of benzene rings is 1. The second-order valence-electron chi connectivity index (χ2n) is 7.38. The van der Waals surface area contributed by atoms with Crippen LogP contribution in [-0.2, 0) is 4.74 Å². The highest BCUT2D eigenvalue weighted by molar-refractivity contribution is 5.97. The molecule has 0 unspecified atom stereocenters. The Labute approximate surface area is 151 Å². The number of amides is 1. The SMILES string of the molecule is Cc1c(N[C@H](C)C(C)C)cccc1C(=O)NC[C@@H](O)C1CCOCC1. The molecule has 3 N–H and O–H groups in total. The van der Waals surface area contributed by atoms with Gasteiger partial charge in [-0.15, -0.1) is 0 Å². The largest absolute Gasteiger partial charge is 0.391 e. The van der Waals surface area contributed by atoms with Crippen molar-refractivity contribution in [2.75, 3.05) is 25.1 Å². The van der Waals surface area contributed by atoms with Gasteiger partial charge in [0.2, 0.25) is 0 Å². The molecule has 0 aromatic heterocycles. The van der Waals surface area contributed by atoms with Gasteiger partial charge in [0, 0.05) is 37.1 Å². The summed E-state index contributed by atoms with van der Waals surface area (Å²) in [5, 5.41) is 16.7. The molecular formula is C20H32N2O3. The maximum atomic E-state index is 12.5. The van der Waals surface area contributed by atoms with Crippen LogP contribution in [0.4, 0.5) is 5.69 Å². The Balaban J connectivity index is 1.96. The van der Waals surface area contributed by atoms with Crippen LogP contribution in [0, 0.1) is 18.8 Å². The molecule has 0 saturated carbocycles. The van der Waals surface area contributed by atoms with E-state index in [1.807, 2.05) is 25.1 Å². The van der Waals surface area contributed by atoms with Crippen LogP contribution in [0.25, 0.3) is 0 Å². The number of aliphatic hydroxyl groups is 1. The van der Waals surface area contributed by atoms with Gasteiger partial charge < -0.3 is 20.5 Å². The zero-order chi connectivity index (χ0) is 18.4. The van der Waals surface area contributed by atoms with E-state index in [-0.39, 0.29) is 18.4 Å². The van der Waals surface area contributed by atoms with Gasteiger partial charge in [0.05, 0.1) is 6.10 Å². The van der Waals surface area contributed by atoms with Gasteiger partial charge in [-0.2, -0.15) is 0 Å². The topological polar surface area (TPSA) is 70.6 Å². The van der Waals surface area contributed by atoms with Gasteiger partial charge >= 0.3 is 0 Å². The first-order valence-electron chi connectivity index (χ1n) is 9.30. The number of carbonyl (C=O) groups excluding carboxylic acids is 1. The quantitative estimate of drug-likeness (QED) is 0.708. The molecule has 5 heteroatoms. The van der Waals surface area contributed by atoms with E-state index in [0.717, 1.165) is 24.1 Å². The number of aliphatic hydroxyl groups excluding tert-OH is 1. The summed E-state index contributed by atoms with van der Waals surface area (Å²) in [6.07, 6.45) is 1.18. The van der Waals surface area contributed by atoms with Gasteiger partial charge in [0.15, 0.2) is 0 Å².